The maximum atomic E-state index is 12.5. The Hall–Kier alpha value is -3.03. The van der Waals surface area contributed by atoms with Crippen LogP contribution in [-0.2, 0) is 16.4 Å². The number of hydrogen-bond acceptors (Lipinski definition) is 4. The molecule has 1 amide bonds. The topological polar surface area (TPSA) is 84.5 Å². The van der Waals surface area contributed by atoms with Crippen LogP contribution in [0, 0.1) is 6.92 Å². The standard InChI is InChI=1S/C23H23ClN2O4S/c1-16-3-10-20(11-4-16)31(28,29)26-18-7-12-21(22(24)15-18)23(27)25-14-13-17-5-8-19(30-2)9-6-17/h3-12,15,26H,13-14H2,1-2H3,(H,25,27). The van der Waals surface area contributed by atoms with Crippen molar-refractivity contribution < 1.29 is 17.9 Å². The van der Waals surface area contributed by atoms with Crippen molar-refractivity contribution in [2.45, 2.75) is 18.2 Å². The zero-order chi connectivity index (χ0) is 22.4. The first kappa shape index (κ1) is 22.7. The number of nitrogens with one attached hydrogen (secondary N) is 2. The second-order valence-electron chi connectivity index (χ2n) is 6.97. The van der Waals surface area contributed by atoms with Crippen molar-refractivity contribution in [1.82, 2.24) is 5.32 Å². The van der Waals surface area contributed by atoms with Crippen LogP contribution in [0.2, 0.25) is 5.02 Å². The predicted molar refractivity (Wildman–Crippen MR) is 122 cm³/mol. The molecule has 0 atom stereocenters. The lowest BCUT2D eigenvalue weighted by molar-refractivity contribution is 0.0954. The number of carbonyl (C=O) groups is 1. The fraction of sp³-hybridized carbons (Fsp3) is 0.174. The van der Waals surface area contributed by atoms with Crippen molar-refractivity contribution in [2.75, 3.05) is 18.4 Å². The van der Waals surface area contributed by atoms with E-state index in [0.29, 0.717) is 13.0 Å². The van der Waals surface area contributed by atoms with E-state index in [0.717, 1.165) is 16.9 Å². The molecule has 0 saturated carbocycles. The Bertz CT molecular complexity index is 1160. The van der Waals surface area contributed by atoms with Gasteiger partial charge in [-0.05, 0) is 61.4 Å². The quantitative estimate of drug-likeness (QED) is 0.523. The molecule has 0 spiro atoms. The number of rotatable bonds is 8. The molecule has 0 fully saturated rings. The third-order valence-electron chi connectivity index (χ3n) is 4.66. The van der Waals surface area contributed by atoms with Gasteiger partial charge in [0.25, 0.3) is 15.9 Å². The number of sulfonamides is 1. The lowest BCUT2D eigenvalue weighted by Crippen LogP contribution is -2.26. The molecule has 0 unspecified atom stereocenters. The maximum absolute atomic E-state index is 12.5. The summed E-state index contributed by atoms with van der Waals surface area (Å²) in [6, 6.07) is 18.5. The van der Waals surface area contributed by atoms with Crippen LogP contribution in [-0.4, -0.2) is 28.0 Å². The average Bonchev–Trinajstić information content (AvgIpc) is 2.74. The van der Waals surface area contributed by atoms with Gasteiger partial charge in [0, 0.05) is 6.54 Å². The van der Waals surface area contributed by atoms with Gasteiger partial charge in [0.2, 0.25) is 0 Å². The van der Waals surface area contributed by atoms with E-state index >= 15 is 0 Å². The van der Waals surface area contributed by atoms with Crippen LogP contribution in [0.5, 0.6) is 5.75 Å². The molecular weight excluding hydrogens is 436 g/mol. The highest BCUT2D eigenvalue weighted by molar-refractivity contribution is 7.92. The Morgan fingerprint density at radius 2 is 1.68 bits per heavy atom. The summed E-state index contributed by atoms with van der Waals surface area (Å²) in [5.74, 6) is 0.448. The second kappa shape index (κ2) is 9.85. The summed E-state index contributed by atoms with van der Waals surface area (Å²) in [6.07, 6.45) is 0.655. The van der Waals surface area contributed by atoms with Crippen molar-refractivity contribution in [3.8, 4) is 5.75 Å². The van der Waals surface area contributed by atoms with Crippen LogP contribution in [0.1, 0.15) is 21.5 Å². The molecule has 8 heteroatoms. The normalized spacial score (nSPS) is 11.1. The number of anilines is 1. The Labute approximate surface area is 187 Å². The van der Waals surface area contributed by atoms with E-state index in [1.807, 2.05) is 31.2 Å². The molecule has 0 aliphatic heterocycles. The van der Waals surface area contributed by atoms with E-state index in [2.05, 4.69) is 10.0 Å². The summed E-state index contributed by atoms with van der Waals surface area (Å²) in [4.78, 5) is 12.6. The maximum Gasteiger partial charge on any atom is 0.261 e. The molecule has 0 heterocycles. The zero-order valence-electron chi connectivity index (χ0n) is 17.2. The van der Waals surface area contributed by atoms with Crippen LogP contribution in [0.15, 0.2) is 71.6 Å². The molecule has 0 saturated heterocycles. The molecule has 6 nitrogen and oxygen atoms in total. The van der Waals surface area contributed by atoms with Gasteiger partial charge in [0.1, 0.15) is 5.75 Å². The van der Waals surface area contributed by atoms with E-state index in [9.17, 15) is 13.2 Å². The van der Waals surface area contributed by atoms with Gasteiger partial charge < -0.3 is 10.1 Å². The molecule has 3 aromatic carbocycles. The smallest absolute Gasteiger partial charge is 0.261 e. The molecule has 3 rings (SSSR count). The van der Waals surface area contributed by atoms with Crippen molar-refractivity contribution in [2.24, 2.45) is 0 Å². The molecule has 31 heavy (non-hydrogen) atoms. The third kappa shape index (κ3) is 5.99. The van der Waals surface area contributed by atoms with Crippen molar-refractivity contribution in [3.05, 3.63) is 88.4 Å². The fourth-order valence-electron chi connectivity index (χ4n) is 2.90. The summed E-state index contributed by atoms with van der Waals surface area (Å²) in [5, 5.41) is 2.98. The average molecular weight is 459 g/mol. The molecule has 0 radical (unpaired) electrons. The molecule has 0 aliphatic rings. The first-order chi connectivity index (χ1) is 14.8. The van der Waals surface area contributed by atoms with Gasteiger partial charge >= 0.3 is 0 Å². The van der Waals surface area contributed by atoms with Gasteiger partial charge in [0.05, 0.1) is 28.3 Å². The van der Waals surface area contributed by atoms with Crippen molar-refractivity contribution in [1.29, 1.82) is 0 Å². The van der Waals surface area contributed by atoms with Gasteiger partial charge in [0.15, 0.2) is 0 Å². The first-order valence-corrected chi connectivity index (χ1v) is 11.4. The largest absolute Gasteiger partial charge is 0.497 e. The number of aryl methyl sites for hydroxylation is 1. The van der Waals surface area contributed by atoms with Gasteiger partial charge in [-0.3, -0.25) is 9.52 Å². The summed E-state index contributed by atoms with van der Waals surface area (Å²) < 4.78 is 32.6. The first-order valence-electron chi connectivity index (χ1n) is 9.58. The number of hydrogen-bond donors (Lipinski definition) is 2. The number of benzene rings is 3. The van der Waals surface area contributed by atoms with Crippen LogP contribution >= 0.6 is 11.6 Å². The van der Waals surface area contributed by atoms with Crippen LogP contribution in [0.25, 0.3) is 0 Å². The number of carbonyl (C=O) groups excluding carboxylic acids is 1. The Kier molecular flexibility index (Phi) is 7.20. The molecule has 162 valence electrons. The lowest BCUT2D eigenvalue weighted by atomic mass is 10.1. The van der Waals surface area contributed by atoms with Gasteiger partial charge in [-0.2, -0.15) is 0 Å². The van der Waals surface area contributed by atoms with E-state index in [1.54, 1.807) is 19.2 Å². The Morgan fingerprint density at radius 1 is 1.00 bits per heavy atom. The van der Waals surface area contributed by atoms with E-state index in [-0.39, 0.29) is 27.1 Å². The highest BCUT2D eigenvalue weighted by atomic mass is 35.5. The minimum absolute atomic E-state index is 0.148. The fourth-order valence-corrected chi connectivity index (χ4v) is 4.22. The summed E-state index contributed by atoms with van der Waals surface area (Å²) in [6.45, 7) is 2.31. The van der Waals surface area contributed by atoms with Gasteiger partial charge in [-0.25, -0.2) is 8.42 Å². The molecule has 3 aromatic rings. The van der Waals surface area contributed by atoms with Crippen LogP contribution in [0.3, 0.4) is 0 Å². The number of amides is 1. The lowest BCUT2D eigenvalue weighted by Gasteiger charge is -2.11. The molecular formula is C23H23ClN2O4S. The van der Waals surface area contributed by atoms with Gasteiger partial charge in [-0.1, -0.05) is 41.4 Å². The molecule has 0 bridgehead atoms. The summed E-state index contributed by atoms with van der Waals surface area (Å²) in [7, 11) is -2.14. The van der Waals surface area contributed by atoms with E-state index < -0.39 is 10.0 Å². The second-order valence-corrected chi connectivity index (χ2v) is 9.06. The molecule has 2 N–H and O–H groups in total. The Morgan fingerprint density at radius 3 is 2.29 bits per heavy atom. The van der Waals surface area contributed by atoms with Crippen LogP contribution in [0.4, 0.5) is 5.69 Å². The number of methoxy groups -OCH3 is 1. The molecule has 0 aliphatic carbocycles. The predicted octanol–water partition coefficient (Wildman–Crippen LogP) is 4.43. The third-order valence-corrected chi connectivity index (χ3v) is 6.37. The Balaban J connectivity index is 1.61. The number of halogens is 1. The number of ether oxygens (including phenoxy) is 1. The zero-order valence-corrected chi connectivity index (χ0v) is 18.8. The minimum atomic E-state index is -3.75. The van der Waals surface area contributed by atoms with E-state index in [1.165, 1.54) is 30.3 Å². The van der Waals surface area contributed by atoms with Crippen LogP contribution < -0.4 is 14.8 Å². The van der Waals surface area contributed by atoms with E-state index in [4.69, 9.17) is 16.3 Å². The molecule has 0 aromatic heterocycles. The SMILES string of the molecule is COc1ccc(CCNC(=O)c2ccc(NS(=O)(=O)c3ccc(C)cc3)cc2Cl)cc1. The minimum Gasteiger partial charge on any atom is -0.497 e. The summed E-state index contributed by atoms with van der Waals surface area (Å²) in [5.41, 5.74) is 2.58. The highest BCUT2D eigenvalue weighted by Crippen LogP contribution is 2.23. The van der Waals surface area contributed by atoms with Crippen molar-refractivity contribution in [3.63, 3.8) is 0 Å². The van der Waals surface area contributed by atoms with Crippen molar-refractivity contribution >= 4 is 33.2 Å². The summed E-state index contributed by atoms with van der Waals surface area (Å²) >= 11 is 6.24. The monoisotopic (exact) mass is 458 g/mol. The van der Waals surface area contributed by atoms with Gasteiger partial charge in [-0.15, -0.1) is 0 Å². The highest BCUT2D eigenvalue weighted by Gasteiger charge is 2.16.